The molecule has 26 heavy (non-hydrogen) atoms. The maximum absolute atomic E-state index is 5.54. The molecule has 6 nitrogen and oxygen atoms in total. The van der Waals surface area contributed by atoms with E-state index in [1.165, 1.54) is 24.1 Å². The Morgan fingerprint density at radius 2 is 2.15 bits per heavy atom. The fraction of sp³-hybridized carbons (Fsp3) is 0.579. The number of nitrogens with one attached hydrogen (secondary N) is 1. The maximum Gasteiger partial charge on any atom is 0.228 e. The van der Waals surface area contributed by atoms with E-state index in [4.69, 9.17) is 4.52 Å². The highest BCUT2D eigenvalue weighted by Crippen LogP contribution is 2.30. The lowest BCUT2D eigenvalue weighted by Crippen LogP contribution is -2.44. The van der Waals surface area contributed by atoms with Gasteiger partial charge in [-0.15, -0.1) is 12.4 Å². The number of anilines is 1. The van der Waals surface area contributed by atoms with Crippen LogP contribution in [0, 0.1) is 0 Å². The number of aryl methyl sites for hydroxylation is 1. The van der Waals surface area contributed by atoms with Crippen molar-refractivity contribution in [1.29, 1.82) is 0 Å². The van der Waals surface area contributed by atoms with Crippen molar-refractivity contribution in [2.75, 3.05) is 38.1 Å². The molecule has 0 saturated carbocycles. The topological polar surface area (TPSA) is 57.4 Å². The van der Waals surface area contributed by atoms with Crippen LogP contribution in [-0.4, -0.2) is 54.3 Å². The Morgan fingerprint density at radius 3 is 3.00 bits per heavy atom. The van der Waals surface area contributed by atoms with Crippen molar-refractivity contribution in [3.05, 3.63) is 41.5 Å². The first-order valence-corrected chi connectivity index (χ1v) is 9.30. The molecular weight excluding hydrogens is 350 g/mol. The van der Waals surface area contributed by atoms with Gasteiger partial charge >= 0.3 is 0 Å². The second-order valence-corrected chi connectivity index (χ2v) is 7.21. The number of halogens is 1. The van der Waals surface area contributed by atoms with Crippen LogP contribution in [0.2, 0.25) is 0 Å². The van der Waals surface area contributed by atoms with E-state index in [0.29, 0.717) is 6.04 Å². The molecule has 0 radical (unpaired) electrons. The van der Waals surface area contributed by atoms with Crippen LogP contribution >= 0.6 is 12.4 Å². The number of para-hydroxylation sites is 1. The van der Waals surface area contributed by atoms with E-state index >= 15 is 0 Å². The van der Waals surface area contributed by atoms with Gasteiger partial charge in [0.1, 0.15) is 0 Å². The summed E-state index contributed by atoms with van der Waals surface area (Å²) in [6.45, 7) is 6.13. The minimum atomic E-state index is 0. The molecule has 1 aromatic carbocycles. The first-order chi connectivity index (χ1) is 12.2. The van der Waals surface area contributed by atoms with E-state index in [1.54, 1.807) is 0 Å². The van der Waals surface area contributed by atoms with Crippen LogP contribution in [0.15, 0.2) is 28.8 Å². The molecule has 2 aliphatic heterocycles. The van der Waals surface area contributed by atoms with Crippen molar-refractivity contribution in [1.82, 2.24) is 20.4 Å². The molecule has 0 aliphatic carbocycles. The third-order valence-electron chi connectivity index (χ3n) is 5.52. The Kier molecular flexibility index (Phi) is 6.16. The van der Waals surface area contributed by atoms with Gasteiger partial charge in [0.15, 0.2) is 5.82 Å². The average Bonchev–Trinajstić information content (AvgIpc) is 3.10. The zero-order valence-corrected chi connectivity index (χ0v) is 16.3. The van der Waals surface area contributed by atoms with Crippen LogP contribution in [0.4, 0.5) is 5.69 Å². The lowest BCUT2D eigenvalue weighted by molar-refractivity contribution is 0.190. The molecule has 3 heterocycles. The molecule has 2 unspecified atom stereocenters. The third kappa shape index (κ3) is 3.87. The molecule has 1 N–H and O–H groups in total. The summed E-state index contributed by atoms with van der Waals surface area (Å²) in [5, 5.41) is 7.63. The molecular formula is C19H28ClN5O. The van der Waals surface area contributed by atoms with Crippen LogP contribution in [0.3, 0.4) is 0 Å². The predicted octanol–water partition coefficient (Wildman–Crippen LogP) is 2.45. The molecule has 2 aliphatic rings. The Labute approximate surface area is 161 Å². The van der Waals surface area contributed by atoms with E-state index < -0.39 is 0 Å². The Balaban J connectivity index is 0.00000196. The second-order valence-electron chi connectivity index (χ2n) is 7.21. The molecule has 1 saturated heterocycles. The van der Waals surface area contributed by atoms with Crippen LogP contribution in [-0.2, 0) is 12.8 Å². The van der Waals surface area contributed by atoms with Crippen molar-refractivity contribution >= 4 is 18.1 Å². The Morgan fingerprint density at radius 1 is 1.31 bits per heavy atom. The van der Waals surface area contributed by atoms with Crippen molar-refractivity contribution in [2.24, 2.45) is 0 Å². The zero-order chi connectivity index (χ0) is 17.2. The Bertz CT molecular complexity index is 721. The number of hydrogen-bond acceptors (Lipinski definition) is 6. The molecule has 2 aromatic rings. The molecule has 0 spiro atoms. The normalized spacial score (nSPS) is 23.4. The van der Waals surface area contributed by atoms with Crippen molar-refractivity contribution in [3.8, 4) is 0 Å². The number of aromatic nitrogens is 2. The summed E-state index contributed by atoms with van der Waals surface area (Å²) >= 11 is 0. The van der Waals surface area contributed by atoms with Gasteiger partial charge < -0.3 is 14.7 Å². The molecule has 0 amide bonds. The van der Waals surface area contributed by atoms with Gasteiger partial charge in [-0.2, -0.15) is 4.98 Å². The summed E-state index contributed by atoms with van der Waals surface area (Å²) < 4.78 is 5.54. The van der Waals surface area contributed by atoms with E-state index in [0.717, 1.165) is 44.3 Å². The standard InChI is InChI=1S/C19H27N5O.ClH/c1-14-7-8-15-5-3-4-6-16(15)24(14)11-9-18-21-19(22-25-18)17-13-20-10-12-23(17)2;/h3-6,14,17,20H,7-13H2,1-2H3;1H. The van der Waals surface area contributed by atoms with Crippen molar-refractivity contribution in [3.63, 3.8) is 0 Å². The van der Waals surface area contributed by atoms with Crippen LogP contribution in [0.1, 0.15) is 36.7 Å². The Hall–Kier alpha value is -1.63. The molecule has 4 rings (SSSR count). The summed E-state index contributed by atoms with van der Waals surface area (Å²) in [6, 6.07) is 9.48. The lowest BCUT2D eigenvalue weighted by atomic mass is 9.96. The fourth-order valence-electron chi connectivity index (χ4n) is 3.92. The minimum absolute atomic E-state index is 0. The van der Waals surface area contributed by atoms with Gasteiger partial charge in [-0.05, 0) is 38.4 Å². The molecule has 1 fully saturated rings. The lowest BCUT2D eigenvalue weighted by Gasteiger charge is -2.36. The highest BCUT2D eigenvalue weighted by Gasteiger charge is 2.26. The first-order valence-electron chi connectivity index (χ1n) is 9.30. The van der Waals surface area contributed by atoms with Gasteiger partial charge in [0.05, 0.1) is 6.04 Å². The highest BCUT2D eigenvalue weighted by atomic mass is 35.5. The summed E-state index contributed by atoms with van der Waals surface area (Å²) in [5.74, 6) is 1.54. The highest BCUT2D eigenvalue weighted by molar-refractivity contribution is 5.85. The largest absolute Gasteiger partial charge is 0.368 e. The van der Waals surface area contributed by atoms with Crippen LogP contribution in [0.5, 0.6) is 0 Å². The number of rotatable bonds is 4. The van der Waals surface area contributed by atoms with E-state index in [2.05, 4.69) is 63.5 Å². The summed E-state index contributed by atoms with van der Waals surface area (Å²) in [4.78, 5) is 9.43. The number of benzene rings is 1. The minimum Gasteiger partial charge on any atom is -0.368 e. The predicted molar refractivity (Wildman–Crippen MR) is 105 cm³/mol. The first kappa shape index (κ1) is 19.1. The van der Waals surface area contributed by atoms with Crippen molar-refractivity contribution in [2.45, 2.75) is 38.3 Å². The molecule has 0 bridgehead atoms. The summed E-state index contributed by atoms with van der Waals surface area (Å²) in [7, 11) is 2.12. The molecule has 1 aromatic heterocycles. The van der Waals surface area contributed by atoms with Gasteiger partial charge in [-0.3, -0.25) is 4.90 Å². The third-order valence-corrected chi connectivity index (χ3v) is 5.52. The quantitative estimate of drug-likeness (QED) is 0.883. The van der Waals surface area contributed by atoms with Gasteiger partial charge in [0, 0.05) is 44.3 Å². The maximum atomic E-state index is 5.54. The van der Waals surface area contributed by atoms with Crippen molar-refractivity contribution < 1.29 is 4.52 Å². The molecule has 7 heteroatoms. The zero-order valence-electron chi connectivity index (χ0n) is 15.5. The number of nitrogens with zero attached hydrogens (tertiary/aromatic N) is 4. The summed E-state index contributed by atoms with van der Waals surface area (Å²) in [5.41, 5.74) is 2.80. The number of hydrogen-bond donors (Lipinski definition) is 1. The molecule has 142 valence electrons. The van der Waals surface area contributed by atoms with Gasteiger partial charge in [-0.1, -0.05) is 23.4 Å². The van der Waals surface area contributed by atoms with E-state index in [1.807, 2.05) is 0 Å². The fourth-order valence-corrected chi connectivity index (χ4v) is 3.92. The van der Waals surface area contributed by atoms with E-state index in [-0.39, 0.29) is 18.4 Å². The number of likely N-dealkylation sites (N-methyl/N-ethyl adjacent to an activating group) is 1. The SMILES string of the molecule is CC1CCc2ccccc2N1CCc1nc(C2CNCCN2C)no1.Cl. The second kappa shape index (κ2) is 8.37. The average molecular weight is 378 g/mol. The van der Waals surface area contributed by atoms with Gasteiger partial charge in [-0.25, -0.2) is 0 Å². The van der Waals surface area contributed by atoms with Crippen LogP contribution < -0.4 is 10.2 Å². The summed E-state index contributed by atoms with van der Waals surface area (Å²) in [6.07, 6.45) is 3.15. The number of fused-ring (bicyclic) bond motifs is 1. The van der Waals surface area contributed by atoms with Gasteiger partial charge in [0.25, 0.3) is 0 Å². The van der Waals surface area contributed by atoms with Gasteiger partial charge in [0.2, 0.25) is 5.89 Å². The van der Waals surface area contributed by atoms with Crippen LogP contribution in [0.25, 0.3) is 0 Å². The molecule has 2 atom stereocenters. The monoisotopic (exact) mass is 377 g/mol. The van der Waals surface area contributed by atoms with E-state index in [9.17, 15) is 0 Å². The smallest absolute Gasteiger partial charge is 0.228 e. The number of piperazine rings is 1.